The zero-order valence-corrected chi connectivity index (χ0v) is 15.1. The van der Waals surface area contributed by atoms with Crippen LogP contribution < -0.4 is 14.8 Å². The Morgan fingerprint density at radius 1 is 1.20 bits per heavy atom. The molecule has 5 nitrogen and oxygen atoms in total. The lowest BCUT2D eigenvalue weighted by Gasteiger charge is -2.15. The van der Waals surface area contributed by atoms with Crippen LogP contribution in [0.5, 0.6) is 17.2 Å². The van der Waals surface area contributed by atoms with Crippen molar-refractivity contribution in [3.05, 3.63) is 47.0 Å². The third kappa shape index (κ3) is 5.03. The van der Waals surface area contributed by atoms with E-state index in [2.05, 4.69) is 12.2 Å². The van der Waals surface area contributed by atoms with Gasteiger partial charge in [0.25, 0.3) is 5.91 Å². The molecule has 0 saturated carbocycles. The summed E-state index contributed by atoms with van der Waals surface area (Å²) < 4.78 is 11.3. The van der Waals surface area contributed by atoms with Crippen LogP contribution in [0.15, 0.2) is 36.4 Å². The fourth-order valence-electron chi connectivity index (χ4n) is 2.19. The van der Waals surface area contributed by atoms with E-state index >= 15 is 0 Å². The maximum atomic E-state index is 12.5. The number of nitrogens with one attached hydrogen (secondary N) is 1. The van der Waals surface area contributed by atoms with Crippen molar-refractivity contribution < 1.29 is 19.4 Å². The summed E-state index contributed by atoms with van der Waals surface area (Å²) in [7, 11) is 0. The highest BCUT2D eigenvalue weighted by atomic mass is 35.5. The Labute approximate surface area is 152 Å². The van der Waals surface area contributed by atoms with Crippen molar-refractivity contribution >= 4 is 23.2 Å². The van der Waals surface area contributed by atoms with Crippen LogP contribution in [-0.4, -0.2) is 24.2 Å². The highest BCUT2D eigenvalue weighted by Gasteiger charge is 2.17. The Bertz CT molecular complexity index is 733. The molecule has 0 aliphatic heterocycles. The summed E-state index contributed by atoms with van der Waals surface area (Å²) in [6, 6.07) is 9.63. The van der Waals surface area contributed by atoms with Crippen LogP contribution in [0.25, 0.3) is 0 Å². The Morgan fingerprint density at radius 2 is 1.96 bits per heavy atom. The minimum atomic E-state index is -0.399. The maximum absolute atomic E-state index is 12.5. The molecule has 0 bridgehead atoms. The number of ether oxygens (including phenoxy) is 2. The largest absolute Gasteiger partial charge is 0.506 e. The van der Waals surface area contributed by atoms with E-state index in [4.69, 9.17) is 21.1 Å². The molecular weight excluding hydrogens is 342 g/mol. The number of unbranched alkanes of at least 4 members (excludes halogenated alkanes) is 1. The molecule has 134 valence electrons. The van der Waals surface area contributed by atoms with Gasteiger partial charge in [0.05, 0.1) is 23.9 Å². The normalized spacial score (nSPS) is 10.4. The number of amides is 1. The van der Waals surface area contributed by atoms with Gasteiger partial charge in [0.15, 0.2) is 11.5 Å². The summed E-state index contributed by atoms with van der Waals surface area (Å²) >= 11 is 6.29. The van der Waals surface area contributed by atoms with E-state index in [9.17, 15) is 9.90 Å². The molecule has 0 heterocycles. The van der Waals surface area contributed by atoms with Crippen LogP contribution in [0.2, 0.25) is 5.02 Å². The van der Waals surface area contributed by atoms with Gasteiger partial charge >= 0.3 is 0 Å². The van der Waals surface area contributed by atoms with Gasteiger partial charge in [-0.05, 0) is 37.6 Å². The Kier molecular flexibility index (Phi) is 6.95. The highest BCUT2D eigenvalue weighted by molar-refractivity contribution is 6.32. The molecule has 0 spiro atoms. The number of benzene rings is 2. The maximum Gasteiger partial charge on any atom is 0.255 e. The molecule has 0 atom stereocenters. The van der Waals surface area contributed by atoms with Crippen molar-refractivity contribution in [2.24, 2.45) is 0 Å². The predicted molar refractivity (Wildman–Crippen MR) is 99.1 cm³/mol. The summed E-state index contributed by atoms with van der Waals surface area (Å²) in [5.41, 5.74) is 0.643. The van der Waals surface area contributed by atoms with E-state index in [0.29, 0.717) is 41.0 Å². The standard InChI is InChI=1S/C19H22ClNO4/c1-3-5-10-25-18-14(20)11-13(12-17(18)24-4-2)19(23)21-15-8-6-7-9-16(15)22/h6-9,11-12,22H,3-5,10H2,1-2H3,(H,21,23). The monoisotopic (exact) mass is 363 g/mol. The van der Waals surface area contributed by atoms with Crippen molar-refractivity contribution in [2.45, 2.75) is 26.7 Å². The lowest BCUT2D eigenvalue weighted by atomic mass is 10.1. The Morgan fingerprint density at radius 3 is 2.64 bits per heavy atom. The minimum Gasteiger partial charge on any atom is -0.506 e. The average molecular weight is 364 g/mol. The number of phenols is 1. The molecule has 0 fully saturated rings. The van der Waals surface area contributed by atoms with Crippen LogP contribution in [-0.2, 0) is 0 Å². The van der Waals surface area contributed by atoms with Gasteiger partial charge in [-0.1, -0.05) is 37.1 Å². The van der Waals surface area contributed by atoms with Gasteiger partial charge in [-0.15, -0.1) is 0 Å². The first-order chi connectivity index (χ1) is 12.1. The molecule has 0 radical (unpaired) electrons. The van der Waals surface area contributed by atoms with Gasteiger partial charge < -0.3 is 19.9 Å². The molecule has 2 rings (SSSR count). The molecule has 6 heteroatoms. The molecule has 25 heavy (non-hydrogen) atoms. The number of hydrogen-bond donors (Lipinski definition) is 2. The first kappa shape index (κ1) is 18.9. The predicted octanol–water partition coefficient (Wildman–Crippen LogP) is 4.88. The second kappa shape index (κ2) is 9.18. The summed E-state index contributed by atoms with van der Waals surface area (Å²) in [4.78, 5) is 12.5. The summed E-state index contributed by atoms with van der Waals surface area (Å²) in [6.45, 7) is 4.87. The lowest BCUT2D eigenvalue weighted by molar-refractivity contribution is 0.102. The van der Waals surface area contributed by atoms with E-state index in [1.165, 1.54) is 12.1 Å². The molecule has 1 amide bonds. The quantitative estimate of drug-likeness (QED) is 0.518. The van der Waals surface area contributed by atoms with E-state index in [-0.39, 0.29) is 5.75 Å². The SMILES string of the molecule is CCCCOc1c(Cl)cc(C(=O)Nc2ccccc2O)cc1OCC. The molecule has 0 saturated heterocycles. The van der Waals surface area contributed by atoms with Crippen LogP contribution in [0.3, 0.4) is 0 Å². The van der Waals surface area contributed by atoms with Crippen LogP contribution in [0.1, 0.15) is 37.0 Å². The summed E-state index contributed by atoms with van der Waals surface area (Å²) in [5.74, 6) is 0.459. The first-order valence-corrected chi connectivity index (χ1v) is 8.63. The lowest BCUT2D eigenvalue weighted by Crippen LogP contribution is -2.13. The fourth-order valence-corrected chi connectivity index (χ4v) is 2.46. The molecule has 0 unspecified atom stereocenters. The molecule has 0 aliphatic rings. The smallest absolute Gasteiger partial charge is 0.255 e. The summed E-state index contributed by atoms with van der Waals surface area (Å²) in [6.07, 6.45) is 1.90. The number of carbonyl (C=O) groups is 1. The molecule has 0 aliphatic carbocycles. The molecule has 2 N–H and O–H groups in total. The van der Waals surface area contributed by atoms with Gasteiger partial charge in [-0.2, -0.15) is 0 Å². The van der Waals surface area contributed by atoms with E-state index < -0.39 is 5.91 Å². The van der Waals surface area contributed by atoms with Gasteiger partial charge in [-0.25, -0.2) is 0 Å². The number of carbonyl (C=O) groups excluding carboxylic acids is 1. The van der Waals surface area contributed by atoms with Gasteiger partial charge in [-0.3, -0.25) is 4.79 Å². The molecule has 2 aromatic carbocycles. The highest BCUT2D eigenvalue weighted by Crippen LogP contribution is 2.37. The second-order valence-corrected chi connectivity index (χ2v) is 5.80. The van der Waals surface area contributed by atoms with Crippen molar-refractivity contribution in [1.29, 1.82) is 0 Å². The number of halogens is 1. The van der Waals surface area contributed by atoms with Gasteiger partial charge in [0.2, 0.25) is 0 Å². The fraction of sp³-hybridized carbons (Fsp3) is 0.316. The average Bonchev–Trinajstić information content (AvgIpc) is 2.59. The third-order valence-corrected chi connectivity index (χ3v) is 3.75. The summed E-state index contributed by atoms with van der Waals surface area (Å²) in [5, 5.41) is 12.7. The van der Waals surface area contributed by atoms with E-state index in [0.717, 1.165) is 12.8 Å². The minimum absolute atomic E-state index is 0.00787. The van der Waals surface area contributed by atoms with Crippen molar-refractivity contribution in [3.8, 4) is 17.2 Å². The molecule has 0 aromatic heterocycles. The topological polar surface area (TPSA) is 67.8 Å². The van der Waals surface area contributed by atoms with Crippen LogP contribution in [0, 0.1) is 0 Å². The number of anilines is 1. The molecule has 2 aromatic rings. The van der Waals surface area contributed by atoms with Gasteiger partial charge in [0.1, 0.15) is 5.75 Å². The number of hydrogen-bond acceptors (Lipinski definition) is 4. The van der Waals surface area contributed by atoms with Crippen LogP contribution in [0.4, 0.5) is 5.69 Å². The Hall–Kier alpha value is -2.40. The Balaban J connectivity index is 2.25. The third-order valence-electron chi connectivity index (χ3n) is 3.47. The van der Waals surface area contributed by atoms with Crippen LogP contribution >= 0.6 is 11.6 Å². The number of aromatic hydroxyl groups is 1. The zero-order chi connectivity index (χ0) is 18.2. The number of phenolic OH excluding ortho intramolecular Hbond substituents is 1. The zero-order valence-electron chi connectivity index (χ0n) is 14.3. The first-order valence-electron chi connectivity index (χ1n) is 8.25. The van der Waals surface area contributed by atoms with E-state index in [1.54, 1.807) is 24.3 Å². The van der Waals surface area contributed by atoms with Crippen molar-refractivity contribution in [3.63, 3.8) is 0 Å². The van der Waals surface area contributed by atoms with Gasteiger partial charge in [0, 0.05) is 5.56 Å². The van der Waals surface area contributed by atoms with E-state index in [1.807, 2.05) is 6.92 Å². The number of rotatable bonds is 8. The molecular formula is C19H22ClNO4. The van der Waals surface area contributed by atoms with Crippen molar-refractivity contribution in [1.82, 2.24) is 0 Å². The second-order valence-electron chi connectivity index (χ2n) is 5.39. The number of para-hydroxylation sites is 2. The van der Waals surface area contributed by atoms with Crippen molar-refractivity contribution in [2.75, 3.05) is 18.5 Å².